The second-order valence-corrected chi connectivity index (χ2v) is 5.05. The van der Waals surface area contributed by atoms with Crippen LogP contribution in [0.4, 0.5) is 5.69 Å². The van der Waals surface area contributed by atoms with Crippen LogP contribution in [0.25, 0.3) is 10.8 Å². The summed E-state index contributed by atoms with van der Waals surface area (Å²) in [5.74, 6) is 0.0455. The van der Waals surface area contributed by atoms with E-state index in [0.717, 1.165) is 30.3 Å². The van der Waals surface area contributed by atoms with Gasteiger partial charge >= 0.3 is 0 Å². The van der Waals surface area contributed by atoms with Crippen molar-refractivity contribution in [2.24, 2.45) is 5.73 Å². The van der Waals surface area contributed by atoms with Gasteiger partial charge in [-0.15, -0.1) is 0 Å². The maximum absolute atomic E-state index is 11.8. The highest BCUT2D eigenvalue weighted by Crippen LogP contribution is 2.34. The van der Waals surface area contributed by atoms with Crippen LogP contribution in [0.5, 0.6) is 0 Å². The molecular formula is C16H18N2O. The molecule has 19 heavy (non-hydrogen) atoms. The number of carbonyl (C=O) groups is 1. The van der Waals surface area contributed by atoms with Gasteiger partial charge in [0.15, 0.2) is 0 Å². The topological polar surface area (TPSA) is 55.1 Å². The van der Waals surface area contributed by atoms with Gasteiger partial charge in [0.1, 0.15) is 0 Å². The fourth-order valence-corrected chi connectivity index (χ4v) is 2.83. The number of nitrogens with one attached hydrogen (secondary N) is 1. The third-order valence-corrected chi connectivity index (χ3v) is 3.76. The van der Waals surface area contributed by atoms with E-state index in [9.17, 15) is 4.79 Å². The first kappa shape index (κ1) is 12.2. The van der Waals surface area contributed by atoms with Crippen LogP contribution in [0.2, 0.25) is 0 Å². The normalized spacial score (nSPS) is 12.9. The fourth-order valence-electron chi connectivity index (χ4n) is 2.83. The molecule has 0 aromatic heterocycles. The number of rotatable bonds is 4. The van der Waals surface area contributed by atoms with Crippen molar-refractivity contribution < 1.29 is 4.79 Å². The lowest BCUT2D eigenvalue weighted by molar-refractivity contribution is -0.116. The summed E-state index contributed by atoms with van der Waals surface area (Å²) in [5, 5.41) is 5.50. The van der Waals surface area contributed by atoms with Crippen LogP contribution >= 0.6 is 0 Å². The number of aryl methyl sites for hydroxylation is 2. The number of hydrogen-bond acceptors (Lipinski definition) is 2. The number of benzene rings is 2. The van der Waals surface area contributed by atoms with Crippen LogP contribution in [0.15, 0.2) is 30.3 Å². The van der Waals surface area contributed by atoms with Crippen LogP contribution in [-0.2, 0) is 17.6 Å². The third kappa shape index (κ3) is 2.22. The van der Waals surface area contributed by atoms with E-state index in [4.69, 9.17) is 5.73 Å². The molecule has 3 rings (SSSR count). The molecule has 98 valence electrons. The second kappa shape index (κ2) is 5.02. The van der Waals surface area contributed by atoms with Gasteiger partial charge in [-0.3, -0.25) is 4.79 Å². The Bertz CT molecular complexity index is 624. The van der Waals surface area contributed by atoms with Gasteiger partial charge < -0.3 is 11.1 Å². The zero-order chi connectivity index (χ0) is 13.2. The van der Waals surface area contributed by atoms with E-state index in [1.807, 2.05) is 6.07 Å². The molecule has 0 saturated heterocycles. The Hall–Kier alpha value is -1.87. The van der Waals surface area contributed by atoms with Crippen molar-refractivity contribution in [1.29, 1.82) is 0 Å². The summed E-state index contributed by atoms with van der Waals surface area (Å²) >= 11 is 0. The van der Waals surface area contributed by atoms with Gasteiger partial charge in [-0.25, -0.2) is 0 Å². The van der Waals surface area contributed by atoms with E-state index in [2.05, 4.69) is 29.6 Å². The first-order chi connectivity index (χ1) is 9.29. The van der Waals surface area contributed by atoms with Gasteiger partial charge in [0.05, 0.1) is 0 Å². The van der Waals surface area contributed by atoms with Crippen molar-refractivity contribution >= 4 is 22.4 Å². The van der Waals surface area contributed by atoms with Gasteiger partial charge in [-0.2, -0.15) is 0 Å². The Morgan fingerprint density at radius 2 is 1.95 bits per heavy atom. The zero-order valence-electron chi connectivity index (χ0n) is 10.9. The standard InChI is InChI=1S/C16H18N2O/c17-10-2-5-15(19)18-14-9-8-12-7-6-11-3-1-4-13(14)16(11)12/h1,3-4,8-9H,2,5-7,10,17H2,(H,18,19). The molecular weight excluding hydrogens is 236 g/mol. The molecule has 3 nitrogen and oxygen atoms in total. The van der Waals surface area contributed by atoms with E-state index in [1.165, 1.54) is 16.5 Å². The van der Waals surface area contributed by atoms with Crippen LogP contribution in [0.3, 0.4) is 0 Å². The minimum absolute atomic E-state index is 0.0455. The molecule has 0 saturated carbocycles. The molecule has 2 aromatic carbocycles. The number of amides is 1. The Labute approximate surface area is 112 Å². The average molecular weight is 254 g/mol. The summed E-state index contributed by atoms with van der Waals surface area (Å²) in [6.45, 7) is 0.553. The van der Waals surface area contributed by atoms with Crippen LogP contribution in [-0.4, -0.2) is 12.5 Å². The molecule has 0 aliphatic heterocycles. The summed E-state index contributed by atoms with van der Waals surface area (Å²) < 4.78 is 0. The Balaban J connectivity index is 1.95. The lowest BCUT2D eigenvalue weighted by atomic mass is 10.0. The molecule has 3 N–H and O–H groups in total. The molecule has 0 heterocycles. The van der Waals surface area contributed by atoms with Gasteiger partial charge in [0.25, 0.3) is 0 Å². The van der Waals surface area contributed by atoms with E-state index in [0.29, 0.717) is 13.0 Å². The maximum atomic E-state index is 11.8. The highest BCUT2D eigenvalue weighted by atomic mass is 16.1. The zero-order valence-corrected chi connectivity index (χ0v) is 10.9. The lowest BCUT2D eigenvalue weighted by Gasteiger charge is -2.10. The van der Waals surface area contributed by atoms with Crippen LogP contribution in [0, 0.1) is 0 Å². The number of hydrogen-bond donors (Lipinski definition) is 2. The molecule has 0 radical (unpaired) electrons. The summed E-state index contributed by atoms with van der Waals surface area (Å²) in [6, 6.07) is 10.5. The minimum atomic E-state index is 0.0455. The first-order valence-corrected chi connectivity index (χ1v) is 6.83. The predicted molar refractivity (Wildman–Crippen MR) is 78.3 cm³/mol. The van der Waals surface area contributed by atoms with Crippen molar-refractivity contribution in [2.45, 2.75) is 25.7 Å². The second-order valence-electron chi connectivity index (χ2n) is 5.05. The van der Waals surface area contributed by atoms with E-state index in [-0.39, 0.29) is 5.91 Å². The molecule has 0 spiro atoms. The summed E-state index contributed by atoms with van der Waals surface area (Å²) in [7, 11) is 0. The molecule has 1 amide bonds. The maximum Gasteiger partial charge on any atom is 0.224 e. The molecule has 1 aliphatic carbocycles. The first-order valence-electron chi connectivity index (χ1n) is 6.83. The van der Waals surface area contributed by atoms with Crippen molar-refractivity contribution in [3.63, 3.8) is 0 Å². The number of carbonyl (C=O) groups excluding carboxylic acids is 1. The van der Waals surface area contributed by atoms with Crippen LogP contribution in [0.1, 0.15) is 24.0 Å². The molecule has 0 unspecified atom stereocenters. The largest absolute Gasteiger partial charge is 0.330 e. The predicted octanol–water partition coefficient (Wildman–Crippen LogP) is 2.62. The number of nitrogens with two attached hydrogens (primary N) is 1. The Kier molecular flexibility index (Phi) is 3.22. The molecule has 3 heteroatoms. The van der Waals surface area contributed by atoms with E-state index >= 15 is 0 Å². The van der Waals surface area contributed by atoms with Gasteiger partial charge in [0.2, 0.25) is 5.91 Å². The smallest absolute Gasteiger partial charge is 0.224 e. The molecule has 0 bridgehead atoms. The third-order valence-electron chi connectivity index (χ3n) is 3.76. The number of anilines is 1. The van der Waals surface area contributed by atoms with Crippen molar-refractivity contribution in [3.8, 4) is 0 Å². The van der Waals surface area contributed by atoms with Crippen LogP contribution < -0.4 is 11.1 Å². The minimum Gasteiger partial charge on any atom is -0.330 e. The molecule has 2 aromatic rings. The van der Waals surface area contributed by atoms with Crippen molar-refractivity contribution in [3.05, 3.63) is 41.5 Å². The molecule has 1 aliphatic rings. The quantitative estimate of drug-likeness (QED) is 0.881. The summed E-state index contributed by atoms with van der Waals surface area (Å²) in [5.41, 5.74) is 9.14. The molecule has 0 atom stereocenters. The van der Waals surface area contributed by atoms with Gasteiger partial charge in [0, 0.05) is 17.5 Å². The molecule has 0 fully saturated rings. The highest BCUT2D eigenvalue weighted by Gasteiger charge is 2.16. The Morgan fingerprint density at radius 3 is 2.74 bits per heavy atom. The monoisotopic (exact) mass is 254 g/mol. The Morgan fingerprint density at radius 1 is 1.16 bits per heavy atom. The summed E-state index contributed by atoms with van der Waals surface area (Å²) in [6.07, 6.45) is 3.43. The SMILES string of the molecule is NCCCC(=O)Nc1ccc2c3c(cccc13)CC2. The van der Waals surface area contributed by atoms with E-state index in [1.54, 1.807) is 0 Å². The van der Waals surface area contributed by atoms with Gasteiger partial charge in [-0.05, 0) is 48.4 Å². The summed E-state index contributed by atoms with van der Waals surface area (Å²) in [4.78, 5) is 11.8. The average Bonchev–Trinajstić information content (AvgIpc) is 2.85. The highest BCUT2D eigenvalue weighted by molar-refractivity contribution is 6.05. The van der Waals surface area contributed by atoms with Gasteiger partial charge in [-0.1, -0.05) is 24.3 Å². The lowest BCUT2D eigenvalue weighted by Crippen LogP contribution is -2.13. The van der Waals surface area contributed by atoms with Crippen molar-refractivity contribution in [2.75, 3.05) is 11.9 Å². The van der Waals surface area contributed by atoms with Crippen molar-refractivity contribution in [1.82, 2.24) is 0 Å². The van der Waals surface area contributed by atoms with E-state index < -0.39 is 0 Å². The fraction of sp³-hybridized carbons (Fsp3) is 0.312.